The van der Waals surface area contributed by atoms with E-state index in [1.54, 1.807) is 0 Å². The minimum absolute atomic E-state index is 0.0321. The smallest absolute Gasteiger partial charge is 0.306 e. The molecule has 0 fully saturated rings. The average molecular weight is 798 g/mol. The van der Waals surface area contributed by atoms with Crippen LogP contribution in [0.4, 0.5) is 0 Å². The van der Waals surface area contributed by atoms with Crippen molar-refractivity contribution >= 4 is 19.8 Å². The van der Waals surface area contributed by atoms with Gasteiger partial charge in [0.2, 0.25) is 0 Å². The van der Waals surface area contributed by atoms with Crippen molar-refractivity contribution in [1.82, 2.24) is 0 Å². The molecular weight excluding hydrogens is 713 g/mol. The van der Waals surface area contributed by atoms with Gasteiger partial charge < -0.3 is 27.9 Å². The van der Waals surface area contributed by atoms with Gasteiger partial charge in [-0.15, -0.1) is 0 Å². The molecule has 322 valence electrons. The maximum absolute atomic E-state index is 12.6. The van der Waals surface area contributed by atoms with Crippen LogP contribution in [0.1, 0.15) is 187 Å². The number of hydrogen-bond donors (Lipinski definition) is 0. The van der Waals surface area contributed by atoms with Crippen molar-refractivity contribution in [3.63, 3.8) is 0 Å². The Morgan fingerprint density at radius 3 is 1.45 bits per heavy atom. The lowest BCUT2D eigenvalue weighted by Crippen LogP contribution is -2.37. The summed E-state index contributed by atoms with van der Waals surface area (Å²) >= 11 is 0. The Balaban J connectivity index is 4.23. The van der Waals surface area contributed by atoms with Gasteiger partial charge in [-0.05, 0) is 51.4 Å². The molecule has 55 heavy (non-hydrogen) atoms. The van der Waals surface area contributed by atoms with Gasteiger partial charge in [-0.1, -0.05) is 159 Å². The Morgan fingerprint density at radius 2 is 0.982 bits per heavy atom. The second kappa shape index (κ2) is 37.8. The van der Waals surface area contributed by atoms with Crippen LogP contribution < -0.4 is 4.89 Å². The molecule has 0 saturated carbocycles. The zero-order valence-electron chi connectivity index (χ0n) is 36.1. The van der Waals surface area contributed by atoms with Crippen molar-refractivity contribution in [2.24, 2.45) is 0 Å². The second-order valence-corrected chi connectivity index (χ2v) is 17.5. The lowest BCUT2D eigenvalue weighted by atomic mass is 10.1. The van der Waals surface area contributed by atoms with Crippen molar-refractivity contribution < 1.29 is 42.1 Å². The largest absolute Gasteiger partial charge is 0.756 e. The van der Waals surface area contributed by atoms with E-state index in [0.717, 1.165) is 57.8 Å². The molecule has 10 heteroatoms. The third-order valence-corrected chi connectivity index (χ3v) is 10.4. The Kier molecular flexibility index (Phi) is 36.6. The van der Waals surface area contributed by atoms with Gasteiger partial charge in [0, 0.05) is 12.8 Å². The van der Waals surface area contributed by atoms with Crippen LogP contribution in [0.15, 0.2) is 36.5 Å². The topological polar surface area (TPSA) is 111 Å². The number of unbranched alkanes of at least 4 members (excludes halogenated alkanes) is 20. The minimum atomic E-state index is -4.62. The van der Waals surface area contributed by atoms with Crippen LogP contribution in [0.25, 0.3) is 0 Å². The quantitative estimate of drug-likeness (QED) is 0.0198. The van der Waals surface area contributed by atoms with Crippen LogP contribution in [-0.2, 0) is 32.7 Å². The highest BCUT2D eigenvalue weighted by molar-refractivity contribution is 7.45. The Hall–Kier alpha value is -1.77. The summed E-state index contributed by atoms with van der Waals surface area (Å²) in [6.45, 7) is 4.17. The van der Waals surface area contributed by atoms with Gasteiger partial charge in [-0.2, -0.15) is 0 Å². The zero-order chi connectivity index (χ0) is 40.7. The summed E-state index contributed by atoms with van der Waals surface area (Å²) in [7, 11) is 1.16. The third kappa shape index (κ3) is 41.7. The predicted molar refractivity (Wildman–Crippen MR) is 227 cm³/mol. The first-order valence-electron chi connectivity index (χ1n) is 22.2. The number of likely N-dealkylation sites (N-methyl/N-ethyl adjacent to an activating group) is 1. The normalized spacial score (nSPS) is 13.9. The molecule has 0 aromatic rings. The Morgan fingerprint density at radius 1 is 0.564 bits per heavy atom. The van der Waals surface area contributed by atoms with Gasteiger partial charge in [0.25, 0.3) is 7.82 Å². The van der Waals surface area contributed by atoms with E-state index in [2.05, 4.69) is 50.3 Å². The summed E-state index contributed by atoms with van der Waals surface area (Å²) in [6.07, 6.45) is 41.8. The molecule has 2 unspecified atom stereocenters. The fourth-order valence-corrected chi connectivity index (χ4v) is 6.62. The molecule has 0 rings (SSSR count). The predicted octanol–water partition coefficient (Wildman–Crippen LogP) is 11.9. The number of allylic oxidation sites excluding steroid dienone is 6. The number of rotatable bonds is 40. The number of phosphoric acid groups is 1. The average Bonchev–Trinajstić information content (AvgIpc) is 3.13. The standard InChI is InChI=1S/C45H84NO8P/c1-6-8-10-12-14-16-17-18-19-20-21-22-23-24-25-26-27-28-29-30-32-34-36-38-45(48)54-43(42-53-55(49,50)52-40-39-46(3,4)5)41-51-44(47)37-35-33-31-15-13-11-9-7-2/h17-18,20-21,23-24,43H,6-16,19,22,25-42H2,1-5H3/b18-17-,21-20-,24-23-. The third-order valence-electron chi connectivity index (χ3n) is 9.41. The lowest BCUT2D eigenvalue weighted by Gasteiger charge is -2.28. The van der Waals surface area contributed by atoms with E-state index < -0.39 is 32.5 Å². The fraction of sp³-hybridized carbons (Fsp3) is 0.822. The SMILES string of the molecule is CCCCCCC/C=C\C/C=C\C/C=C\CCCCCCCCCCC(=O)OC(COC(=O)CCCCCCCCCC)COP(=O)([O-])OCC[N+](C)(C)C. The van der Waals surface area contributed by atoms with E-state index in [-0.39, 0.29) is 26.1 Å². The molecule has 0 aromatic carbocycles. The van der Waals surface area contributed by atoms with Crippen LogP contribution >= 0.6 is 7.82 Å². The van der Waals surface area contributed by atoms with Gasteiger partial charge in [0.1, 0.15) is 19.8 Å². The molecule has 9 nitrogen and oxygen atoms in total. The summed E-state index contributed by atoms with van der Waals surface area (Å²) in [5.41, 5.74) is 0. The molecular formula is C45H84NO8P. The molecule has 0 spiro atoms. The molecule has 0 radical (unpaired) electrons. The monoisotopic (exact) mass is 798 g/mol. The van der Waals surface area contributed by atoms with Crippen molar-refractivity contribution in [1.29, 1.82) is 0 Å². The summed E-state index contributed by atoms with van der Waals surface area (Å²) in [6, 6.07) is 0. The lowest BCUT2D eigenvalue weighted by molar-refractivity contribution is -0.870. The number of carbonyl (C=O) groups excluding carboxylic acids is 2. The number of ether oxygens (including phenoxy) is 2. The molecule has 0 aliphatic rings. The van der Waals surface area contributed by atoms with Crippen molar-refractivity contribution in [2.75, 3.05) is 47.5 Å². The fourth-order valence-electron chi connectivity index (χ4n) is 5.90. The van der Waals surface area contributed by atoms with Gasteiger partial charge in [-0.3, -0.25) is 14.2 Å². The van der Waals surface area contributed by atoms with E-state index in [1.807, 2.05) is 21.1 Å². The van der Waals surface area contributed by atoms with Crippen LogP contribution in [0.3, 0.4) is 0 Å². The first-order chi connectivity index (χ1) is 26.5. The number of esters is 2. The molecule has 0 heterocycles. The summed E-state index contributed by atoms with van der Waals surface area (Å²) < 4.78 is 33.8. The van der Waals surface area contributed by atoms with Crippen molar-refractivity contribution in [3.8, 4) is 0 Å². The van der Waals surface area contributed by atoms with Gasteiger partial charge in [0.15, 0.2) is 6.10 Å². The molecule has 0 aliphatic heterocycles. The van der Waals surface area contributed by atoms with Crippen LogP contribution in [0, 0.1) is 0 Å². The Bertz CT molecular complexity index is 1040. The highest BCUT2D eigenvalue weighted by atomic mass is 31.2. The number of nitrogens with zero attached hydrogens (tertiary/aromatic N) is 1. The van der Waals surface area contributed by atoms with E-state index in [4.69, 9.17) is 18.5 Å². The maximum Gasteiger partial charge on any atom is 0.306 e. The van der Waals surface area contributed by atoms with E-state index in [1.165, 1.54) is 96.3 Å². The Labute approximate surface area is 338 Å². The van der Waals surface area contributed by atoms with E-state index >= 15 is 0 Å². The van der Waals surface area contributed by atoms with E-state index in [9.17, 15) is 19.0 Å². The molecule has 0 aromatic heterocycles. The zero-order valence-corrected chi connectivity index (χ0v) is 37.0. The van der Waals surface area contributed by atoms with Crippen LogP contribution in [-0.4, -0.2) is 70.0 Å². The molecule has 0 bridgehead atoms. The number of hydrogen-bond acceptors (Lipinski definition) is 8. The summed E-state index contributed by atoms with van der Waals surface area (Å²) in [5.74, 6) is -0.846. The number of quaternary nitrogens is 1. The first kappa shape index (κ1) is 53.2. The van der Waals surface area contributed by atoms with Crippen molar-refractivity contribution in [2.45, 2.75) is 193 Å². The molecule has 0 aliphatic carbocycles. The summed E-state index contributed by atoms with van der Waals surface area (Å²) in [4.78, 5) is 37.4. The minimum Gasteiger partial charge on any atom is -0.756 e. The maximum atomic E-state index is 12.6. The number of phosphoric ester groups is 1. The second-order valence-electron chi connectivity index (χ2n) is 16.1. The molecule has 2 atom stereocenters. The van der Waals surface area contributed by atoms with Gasteiger partial charge in [0.05, 0.1) is 27.7 Å². The molecule has 0 saturated heterocycles. The van der Waals surface area contributed by atoms with Gasteiger partial charge >= 0.3 is 11.9 Å². The molecule has 0 amide bonds. The number of carbonyl (C=O) groups is 2. The van der Waals surface area contributed by atoms with Gasteiger partial charge in [-0.25, -0.2) is 0 Å². The highest BCUT2D eigenvalue weighted by Crippen LogP contribution is 2.38. The molecule has 0 N–H and O–H groups in total. The van der Waals surface area contributed by atoms with Crippen LogP contribution in [0.5, 0.6) is 0 Å². The highest BCUT2D eigenvalue weighted by Gasteiger charge is 2.21. The summed E-state index contributed by atoms with van der Waals surface area (Å²) in [5, 5.41) is 0. The first-order valence-corrected chi connectivity index (χ1v) is 23.7. The van der Waals surface area contributed by atoms with E-state index in [0.29, 0.717) is 17.4 Å². The van der Waals surface area contributed by atoms with Crippen LogP contribution in [0.2, 0.25) is 0 Å². The van der Waals surface area contributed by atoms with Crippen molar-refractivity contribution in [3.05, 3.63) is 36.5 Å².